The summed E-state index contributed by atoms with van der Waals surface area (Å²) in [6.07, 6.45) is -0.146. The minimum atomic E-state index is -4.47. The summed E-state index contributed by atoms with van der Waals surface area (Å²) >= 11 is 6.27. The molecular weight excluding hydrogens is 467 g/mol. The number of nitrogens with zero attached hydrogens (tertiary/aromatic N) is 2. The first-order valence-electron chi connectivity index (χ1n) is 11.7. The third-order valence-corrected chi connectivity index (χ3v) is 8.11. The van der Waals surface area contributed by atoms with Crippen molar-refractivity contribution < 1.29 is 17.9 Å². The van der Waals surface area contributed by atoms with Crippen LogP contribution in [0.2, 0.25) is 5.28 Å². The smallest absolute Gasteiger partial charge is 0.399 e. The van der Waals surface area contributed by atoms with Crippen molar-refractivity contribution in [1.29, 1.82) is 0 Å². The number of alkyl halides is 3. The van der Waals surface area contributed by atoms with Gasteiger partial charge in [-0.1, -0.05) is 6.92 Å². The molecular formula is C24H29ClF3N5O. The monoisotopic (exact) mass is 495 g/mol. The Morgan fingerprint density at radius 1 is 1.26 bits per heavy atom. The van der Waals surface area contributed by atoms with Crippen LogP contribution < -0.4 is 16.4 Å². The average Bonchev–Trinajstić information content (AvgIpc) is 3.28. The zero-order valence-electron chi connectivity index (χ0n) is 19.2. The van der Waals surface area contributed by atoms with Crippen LogP contribution in [-0.2, 0) is 23.9 Å². The number of nitrogens with two attached hydrogens (primary N) is 1. The van der Waals surface area contributed by atoms with E-state index < -0.39 is 17.8 Å². The lowest BCUT2D eigenvalue weighted by Gasteiger charge is -2.39. The molecule has 34 heavy (non-hydrogen) atoms. The number of nitrogen functional groups attached to an aromatic ring is 1. The molecule has 0 radical (unpaired) electrons. The van der Waals surface area contributed by atoms with Gasteiger partial charge in [0.05, 0.1) is 23.4 Å². The van der Waals surface area contributed by atoms with Crippen molar-refractivity contribution in [2.75, 3.05) is 17.7 Å². The summed E-state index contributed by atoms with van der Waals surface area (Å²) in [5.41, 5.74) is 7.41. The molecule has 1 aromatic heterocycles. The molecule has 3 aliphatic rings. The first kappa shape index (κ1) is 23.6. The van der Waals surface area contributed by atoms with E-state index in [4.69, 9.17) is 22.1 Å². The van der Waals surface area contributed by atoms with Crippen LogP contribution in [-0.4, -0.2) is 28.7 Å². The standard InChI is InChI=1S/C24H29ClF3N5O/c1-12(13-7-14(24(26,27)28)9-15(29)8-13)31-21-16-11-30-19(10-18(16)32-22(25)33-21)17-3-4-20-23(17,2)5-6-34-20/h7-9,12,17,19-20,30H,3-6,10-11,29H2,1-2H3,(H,31,32,33)/t12-,17?,19?,20?,23-/m1/s1. The molecule has 184 valence electrons. The van der Waals surface area contributed by atoms with Crippen molar-refractivity contribution >= 4 is 23.1 Å². The molecule has 3 unspecified atom stereocenters. The summed E-state index contributed by atoms with van der Waals surface area (Å²) in [5, 5.41) is 7.04. The highest BCUT2D eigenvalue weighted by Gasteiger charge is 2.53. The minimum Gasteiger partial charge on any atom is -0.399 e. The predicted octanol–water partition coefficient (Wildman–Crippen LogP) is 5.12. The van der Waals surface area contributed by atoms with Crippen LogP contribution in [0.1, 0.15) is 61.5 Å². The molecule has 1 saturated heterocycles. The molecule has 6 nitrogen and oxygen atoms in total. The summed E-state index contributed by atoms with van der Waals surface area (Å²) < 4.78 is 45.7. The van der Waals surface area contributed by atoms with Crippen molar-refractivity contribution in [1.82, 2.24) is 15.3 Å². The number of nitrogens with one attached hydrogen (secondary N) is 2. The Balaban J connectivity index is 1.38. The van der Waals surface area contributed by atoms with E-state index in [0.717, 1.165) is 55.7 Å². The molecule has 1 aliphatic carbocycles. The highest BCUT2D eigenvalue weighted by Crippen LogP contribution is 2.53. The van der Waals surface area contributed by atoms with E-state index in [2.05, 4.69) is 27.5 Å². The van der Waals surface area contributed by atoms with E-state index in [1.165, 1.54) is 6.07 Å². The molecule has 0 amide bonds. The van der Waals surface area contributed by atoms with Crippen LogP contribution in [0.15, 0.2) is 18.2 Å². The fourth-order valence-corrected chi connectivity index (χ4v) is 6.27. The van der Waals surface area contributed by atoms with Gasteiger partial charge in [-0.05, 0) is 67.5 Å². The summed E-state index contributed by atoms with van der Waals surface area (Å²) in [4.78, 5) is 8.88. The van der Waals surface area contributed by atoms with E-state index >= 15 is 0 Å². The topological polar surface area (TPSA) is 85.1 Å². The SMILES string of the molecule is C[C@@H](Nc1nc(Cl)nc2c1CNC(C1CCC3OCC[C@@]31C)C2)c1cc(N)cc(C(F)(F)F)c1. The third-order valence-electron chi connectivity index (χ3n) is 7.95. The van der Waals surface area contributed by atoms with Gasteiger partial charge >= 0.3 is 6.18 Å². The van der Waals surface area contributed by atoms with E-state index in [0.29, 0.717) is 29.9 Å². The van der Waals surface area contributed by atoms with Gasteiger partial charge in [-0.2, -0.15) is 13.2 Å². The number of anilines is 2. The Hall–Kier alpha value is -2.10. The van der Waals surface area contributed by atoms with E-state index in [9.17, 15) is 13.2 Å². The highest BCUT2D eigenvalue weighted by atomic mass is 35.5. The molecule has 3 heterocycles. The van der Waals surface area contributed by atoms with Gasteiger partial charge in [-0.3, -0.25) is 0 Å². The van der Waals surface area contributed by atoms with Gasteiger partial charge in [0.1, 0.15) is 5.82 Å². The predicted molar refractivity (Wildman–Crippen MR) is 124 cm³/mol. The van der Waals surface area contributed by atoms with Crippen LogP contribution in [0.4, 0.5) is 24.7 Å². The fourth-order valence-electron chi connectivity index (χ4n) is 6.08. The number of ether oxygens (including phenoxy) is 1. The number of fused-ring (bicyclic) bond motifs is 2. The van der Waals surface area contributed by atoms with Crippen molar-refractivity contribution in [2.45, 2.75) is 70.4 Å². The zero-order chi connectivity index (χ0) is 24.3. The molecule has 4 N–H and O–H groups in total. The average molecular weight is 496 g/mol. The summed E-state index contributed by atoms with van der Waals surface area (Å²) in [6.45, 7) is 5.49. The Morgan fingerprint density at radius 2 is 2.06 bits per heavy atom. The van der Waals surface area contributed by atoms with Crippen LogP contribution in [0, 0.1) is 11.3 Å². The number of hydrogen-bond donors (Lipinski definition) is 3. The van der Waals surface area contributed by atoms with Gasteiger partial charge in [0.15, 0.2) is 0 Å². The molecule has 2 aliphatic heterocycles. The first-order valence-corrected chi connectivity index (χ1v) is 12.1. The van der Waals surface area contributed by atoms with Gasteiger partial charge in [0.2, 0.25) is 5.28 Å². The largest absolute Gasteiger partial charge is 0.416 e. The van der Waals surface area contributed by atoms with Gasteiger partial charge < -0.3 is 21.1 Å². The van der Waals surface area contributed by atoms with Crippen LogP contribution in [0.5, 0.6) is 0 Å². The molecule has 5 atom stereocenters. The number of halogens is 4. The van der Waals surface area contributed by atoms with Crippen molar-refractivity contribution in [3.8, 4) is 0 Å². The fraction of sp³-hybridized carbons (Fsp3) is 0.583. The zero-order valence-corrected chi connectivity index (χ0v) is 19.9. The van der Waals surface area contributed by atoms with Crippen LogP contribution in [0.25, 0.3) is 0 Å². The van der Waals surface area contributed by atoms with Crippen molar-refractivity contribution in [3.63, 3.8) is 0 Å². The van der Waals surface area contributed by atoms with Gasteiger partial charge in [0, 0.05) is 42.3 Å². The third kappa shape index (κ3) is 4.22. The highest BCUT2D eigenvalue weighted by molar-refractivity contribution is 6.28. The molecule has 0 bridgehead atoms. The second kappa shape index (κ2) is 8.53. The van der Waals surface area contributed by atoms with Gasteiger partial charge in [-0.25, -0.2) is 9.97 Å². The second-order valence-electron chi connectivity index (χ2n) is 10.0. The number of rotatable bonds is 4. The quantitative estimate of drug-likeness (QED) is 0.403. The lowest BCUT2D eigenvalue weighted by atomic mass is 9.72. The number of hydrogen-bond acceptors (Lipinski definition) is 6. The van der Waals surface area contributed by atoms with Gasteiger partial charge in [-0.15, -0.1) is 0 Å². The normalized spacial score (nSPS) is 29.5. The van der Waals surface area contributed by atoms with E-state index in [-0.39, 0.29) is 22.4 Å². The lowest BCUT2D eigenvalue weighted by Crippen LogP contribution is -2.47. The Bertz CT molecular complexity index is 1100. The lowest BCUT2D eigenvalue weighted by molar-refractivity contribution is -0.137. The Labute approximate surface area is 201 Å². The summed E-state index contributed by atoms with van der Waals surface area (Å²) in [7, 11) is 0. The molecule has 1 saturated carbocycles. The maximum absolute atomic E-state index is 13.3. The van der Waals surface area contributed by atoms with Crippen LogP contribution in [0.3, 0.4) is 0 Å². The molecule has 1 aromatic carbocycles. The first-order chi connectivity index (χ1) is 16.0. The van der Waals surface area contributed by atoms with Crippen molar-refractivity contribution in [2.24, 2.45) is 11.3 Å². The molecule has 2 aromatic rings. The number of benzene rings is 1. The Morgan fingerprint density at radius 3 is 2.82 bits per heavy atom. The Kier molecular flexibility index (Phi) is 5.93. The maximum atomic E-state index is 13.3. The van der Waals surface area contributed by atoms with Crippen LogP contribution >= 0.6 is 11.6 Å². The van der Waals surface area contributed by atoms with Crippen molar-refractivity contribution in [3.05, 3.63) is 45.9 Å². The summed E-state index contributed by atoms with van der Waals surface area (Å²) in [5.74, 6) is 1.02. The number of aromatic nitrogens is 2. The molecule has 2 fully saturated rings. The van der Waals surface area contributed by atoms with E-state index in [1.807, 2.05) is 0 Å². The second-order valence-corrected chi connectivity index (χ2v) is 10.3. The molecule has 10 heteroatoms. The maximum Gasteiger partial charge on any atom is 0.416 e. The van der Waals surface area contributed by atoms with Gasteiger partial charge in [0.25, 0.3) is 0 Å². The summed E-state index contributed by atoms with van der Waals surface area (Å²) in [6, 6.07) is 3.38. The minimum absolute atomic E-state index is 0.0602. The van der Waals surface area contributed by atoms with E-state index in [1.54, 1.807) is 6.92 Å². The molecule has 0 spiro atoms. The molecule has 5 rings (SSSR count).